The van der Waals surface area contributed by atoms with Crippen LogP contribution in [0.15, 0.2) is 24.3 Å². The van der Waals surface area contributed by atoms with Crippen molar-refractivity contribution in [3.8, 4) is 17.6 Å². The average molecular weight is 448 g/mol. The van der Waals surface area contributed by atoms with Gasteiger partial charge in [-0.05, 0) is 57.9 Å². The maximum absolute atomic E-state index is 13.4. The van der Waals surface area contributed by atoms with Gasteiger partial charge in [0.1, 0.15) is 5.75 Å². The van der Waals surface area contributed by atoms with E-state index in [9.17, 15) is 39.5 Å². The van der Waals surface area contributed by atoms with Crippen LogP contribution >= 0.6 is 0 Å². The number of rotatable bonds is 8. The largest absolute Gasteiger partial charge is 0.494 e. The van der Waals surface area contributed by atoms with Gasteiger partial charge in [-0.3, -0.25) is 0 Å². The molecule has 1 aromatic rings. The van der Waals surface area contributed by atoms with Crippen LogP contribution in [0, 0.1) is 17.3 Å². The number of alkyl halides is 9. The molecular formula is C20H21F9O. The summed E-state index contributed by atoms with van der Waals surface area (Å²) in [5, 5.41) is 0. The van der Waals surface area contributed by atoms with E-state index in [1.165, 1.54) is 0 Å². The minimum atomic E-state index is -6.85. The Hall–Kier alpha value is -2.05. The SMILES string of the molecule is CC(C)(C)C#Cc1ccc(OCCCCC(F)(F)C(F)(F)C(F)(F)C(F)(F)F)cc1. The summed E-state index contributed by atoms with van der Waals surface area (Å²) in [5.74, 6) is -12.7. The molecule has 0 aliphatic heterocycles. The molecule has 0 saturated carbocycles. The van der Waals surface area contributed by atoms with Crippen molar-refractivity contribution in [1.82, 2.24) is 0 Å². The van der Waals surface area contributed by atoms with E-state index in [0.717, 1.165) is 0 Å². The lowest BCUT2D eigenvalue weighted by Gasteiger charge is -2.33. The molecule has 0 unspecified atom stereocenters. The lowest BCUT2D eigenvalue weighted by atomic mass is 9.97. The first-order valence-corrected chi connectivity index (χ1v) is 8.87. The third kappa shape index (κ3) is 6.47. The van der Waals surface area contributed by atoms with Crippen LogP contribution in [0.5, 0.6) is 5.75 Å². The third-order valence-electron chi connectivity index (χ3n) is 3.80. The van der Waals surface area contributed by atoms with Gasteiger partial charge in [0.15, 0.2) is 0 Å². The van der Waals surface area contributed by atoms with E-state index < -0.39 is 36.8 Å². The fourth-order valence-electron chi connectivity index (χ4n) is 2.10. The van der Waals surface area contributed by atoms with E-state index in [0.29, 0.717) is 11.3 Å². The van der Waals surface area contributed by atoms with E-state index in [2.05, 4.69) is 11.8 Å². The fraction of sp³-hybridized carbons (Fsp3) is 0.600. The standard InChI is InChI=1S/C20H21F9O/c1-16(2,3)12-10-14-6-8-15(9-7-14)30-13-5-4-11-17(21,22)18(23,24)19(25,26)20(27,28)29/h6-9H,4-5,11,13H2,1-3H3. The zero-order chi connectivity index (χ0) is 23.4. The van der Waals surface area contributed by atoms with Crippen molar-refractivity contribution in [2.24, 2.45) is 5.41 Å². The molecule has 0 bridgehead atoms. The predicted octanol–water partition coefficient (Wildman–Crippen LogP) is 7.10. The molecular weight excluding hydrogens is 427 g/mol. The second-order valence-corrected chi connectivity index (χ2v) is 7.68. The van der Waals surface area contributed by atoms with Crippen molar-refractivity contribution in [3.05, 3.63) is 29.8 Å². The van der Waals surface area contributed by atoms with Gasteiger partial charge in [0.2, 0.25) is 0 Å². The highest BCUT2D eigenvalue weighted by atomic mass is 19.4. The first-order valence-electron chi connectivity index (χ1n) is 8.87. The van der Waals surface area contributed by atoms with Crippen LogP contribution in [0.4, 0.5) is 39.5 Å². The molecule has 170 valence electrons. The molecule has 0 atom stereocenters. The molecule has 0 amide bonds. The number of benzene rings is 1. The Labute approximate surface area is 168 Å². The minimum Gasteiger partial charge on any atom is -0.494 e. The molecule has 0 fully saturated rings. The summed E-state index contributed by atoms with van der Waals surface area (Å²) < 4.78 is 120. The molecule has 0 N–H and O–H groups in total. The number of halogens is 9. The van der Waals surface area contributed by atoms with E-state index in [-0.39, 0.29) is 18.4 Å². The number of hydrogen-bond donors (Lipinski definition) is 0. The lowest BCUT2D eigenvalue weighted by Crippen LogP contribution is -2.60. The average Bonchev–Trinajstić information content (AvgIpc) is 2.58. The van der Waals surface area contributed by atoms with Crippen LogP contribution < -0.4 is 4.74 Å². The molecule has 0 heterocycles. The summed E-state index contributed by atoms with van der Waals surface area (Å²) in [6, 6.07) is 6.36. The molecule has 0 aromatic heterocycles. The summed E-state index contributed by atoms with van der Waals surface area (Å²) >= 11 is 0. The topological polar surface area (TPSA) is 9.23 Å². The van der Waals surface area contributed by atoms with Crippen LogP contribution in [0.2, 0.25) is 0 Å². The molecule has 1 aromatic carbocycles. The molecule has 10 heteroatoms. The van der Waals surface area contributed by atoms with E-state index in [4.69, 9.17) is 4.74 Å². The van der Waals surface area contributed by atoms with Crippen LogP contribution in [0.25, 0.3) is 0 Å². The van der Waals surface area contributed by atoms with Crippen molar-refractivity contribution in [3.63, 3.8) is 0 Å². The molecule has 1 nitrogen and oxygen atoms in total. The maximum Gasteiger partial charge on any atom is 0.460 e. The van der Waals surface area contributed by atoms with Gasteiger partial charge in [0.25, 0.3) is 0 Å². The van der Waals surface area contributed by atoms with Gasteiger partial charge in [-0.2, -0.15) is 39.5 Å². The Morgan fingerprint density at radius 1 is 0.767 bits per heavy atom. The summed E-state index contributed by atoms with van der Waals surface area (Å²) in [7, 11) is 0. The van der Waals surface area contributed by atoms with Crippen LogP contribution in [-0.2, 0) is 0 Å². The smallest absolute Gasteiger partial charge is 0.460 e. The Morgan fingerprint density at radius 2 is 1.30 bits per heavy atom. The van der Waals surface area contributed by atoms with Gasteiger partial charge in [0, 0.05) is 17.4 Å². The second kappa shape index (κ2) is 8.98. The van der Waals surface area contributed by atoms with E-state index in [1.54, 1.807) is 24.3 Å². The highest BCUT2D eigenvalue weighted by Gasteiger charge is 2.81. The number of unbranched alkanes of at least 4 members (excludes halogenated alkanes) is 1. The first-order chi connectivity index (χ1) is 13.4. The van der Waals surface area contributed by atoms with Crippen molar-refractivity contribution in [2.45, 2.75) is 64.0 Å². The monoisotopic (exact) mass is 448 g/mol. The summed E-state index contributed by atoms with van der Waals surface area (Å²) in [6.07, 6.45) is -9.65. The summed E-state index contributed by atoms with van der Waals surface area (Å²) in [6.45, 7) is 5.58. The summed E-state index contributed by atoms with van der Waals surface area (Å²) in [4.78, 5) is 0. The number of ether oxygens (including phenoxy) is 1. The van der Waals surface area contributed by atoms with Gasteiger partial charge < -0.3 is 4.74 Å². The van der Waals surface area contributed by atoms with Gasteiger partial charge in [0.05, 0.1) is 6.61 Å². The molecule has 0 saturated heterocycles. The van der Waals surface area contributed by atoms with Gasteiger partial charge in [-0.25, -0.2) is 0 Å². The van der Waals surface area contributed by atoms with Gasteiger partial charge in [-0.15, -0.1) is 0 Å². The fourth-order valence-corrected chi connectivity index (χ4v) is 2.10. The summed E-state index contributed by atoms with van der Waals surface area (Å²) in [5.41, 5.74) is 0.503. The minimum absolute atomic E-state index is 0.196. The molecule has 0 aliphatic rings. The van der Waals surface area contributed by atoms with E-state index in [1.807, 2.05) is 20.8 Å². The second-order valence-electron chi connectivity index (χ2n) is 7.68. The predicted molar refractivity (Wildman–Crippen MR) is 93.0 cm³/mol. The highest BCUT2D eigenvalue weighted by Crippen LogP contribution is 2.54. The zero-order valence-electron chi connectivity index (χ0n) is 16.4. The first kappa shape index (κ1) is 26.0. The Kier molecular flexibility index (Phi) is 7.78. The molecule has 1 rings (SSSR count). The Morgan fingerprint density at radius 3 is 1.77 bits per heavy atom. The van der Waals surface area contributed by atoms with Crippen LogP contribution in [0.1, 0.15) is 45.6 Å². The zero-order valence-corrected chi connectivity index (χ0v) is 16.4. The highest BCUT2D eigenvalue weighted by molar-refractivity contribution is 5.39. The lowest BCUT2D eigenvalue weighted by molar-refractivity contribution is -0.396. The molecule has 0 spiro atoms. The molecule has 0 aliphatic carbocycles. The molecule has 30 heavy (non-hydrogen) atoms. The molecule has 0 radical (unpaired) electrons. The van der Waals surface area contributed by atoms with E-state index >= 15 is 0 Å². The Bertz CT molecular complexity index is 748. The quantitative estimate of drug-likeness (QED) is 0.234. The normalized spacial score (nSPS) is 13.6. The third-order valence-corrected chi connectivity index (χ3v) is 3.80. The van der Waals surface area contributed by atoms with Crippen molar-refractivity contribution < 1.29 is 44.3 Å². The van der Waals surface area contributed by atoms with Gasteiger partial charge >= 0.3 is 23.9 Å². The van der Waals surface area contributed by atoms with Gasteiger partial charge in [-0.1, -0.05) is 11.8 Å². The van der Waals surface area contributed by atoms with Crippen LogP contribution in [-0.4, -0.2) is 30.6 Å². The van der Waals surface area contributed by atoms with Crippen molar-refractivity contribution >= 4 is 0 Å². The maximum atomic E-state index is 13.4. The van der Waals surface area contributed by atoms with Crippen molar-refractivity contribution in [1.29, 1.82) is 0 Å². The van der Waals surface area contributed by atoms with Crippen molar-refractivity contribution in [2.75, 3.05) is 6.61 Å². The van der Waals surface area contributed by atoms with Crippen LogP contribution in [0.3, 0.4) is 0 Å². The number of hydrogen-bond acceptors (Lipinski definition) is 1. The Balaban J connectivity index is 2.56.